The van der Waals surface area contributed by atoms with Crippen LogP contribution in [0.25, 0.3) is 0 Å². The van der Waals surface area contributed by atoms with Crippen molar-refractivity contribution < 1.29 is 14.3 Å². The molecule has 0 aromatic carbocycles. The first kappa shape index (κ1) is 15.3. The van der Waals surface area contributed by atoms with Crippen molar-refractivity contribution in [2.75, 3.05) is 0 Å². The molecule has 4 nitrogen and oxygen atoms in total. The van der Waals surface area contributed by atoms with Crippen LogP contribution < -0.4 is 5.32 Å². The van der Waals surface area contributed by atoms with Crippen LogP contribution in [0.4, 0.5) is 4.79 Å². The van der Waals surface area contributed by atoms with Gasteiger partial charge in [0, 0.05) is 5.92 Å². The minimum atomic E-state index is -0.524. The van der Waals surface area contributed by atoms with Gasteiger partial charge >= 0.3 is 6.09 Å². The van der Waals surface area contributed by atoms with E-state index in [1.54, 1.807) is 0 Å². The van der Waals surface area contributed by atoms with Gasteiger partial charge in [0.05, 0.1) is 5.54 Å². The lowest BCUT2D eigenvalue weighted by molar-refractivity contribution is -0.157. The normalized spacial score (nSPS) is 38.6. The number of carbonyl (C=O) groups excluding carboxylic acids is 2. The third-order valence-corrected chi connectivity index (χ3v) is 5.44. The number of amides is 1. The van der Waals surface area contributed by atoms with Gasteiger partial charge in [0.1, 0.15) is 11.9 Å². The number of nitrogens with one attached hydrogen (secondary N) is 1. The van der Waals surface area contributed by atoms with Crippen molar-refractivity contribution in [3.8, 4) is 0 Å². The minimum Gasteiger partial charge on any atom is -0.444 e. The Kier molecular flexibility index (Phi) is 3.43. The van der Waals surface area contributed by atoms with Crippen LogP contribution in [0.15, 0.2) is 0 Å². The van der Waals surface area contributed by atoms with E-state index in [0.29, 0.717) is 11.8 Å². The predicted molar refractivity (Wildman–Crippen MR) is 77.3 cm³/mol. The van der Waals surface area contributed by atoms with Gasteiger partial charge < -0.3 is 14.8 Å². The lowest BCUT2D eigenvalue weighted by Gasteiger charge is -2.66. The number of rotatable bonds is 2. The third-order valence-electron chi connectivity index (χ3n) is 5.44. The van der Waals surface area contributed by atoms with Gasteiger partial charge in [-0.3, -0.25) is 0 Å². The third kappa shape index (κ3) is 2.33. The van der Waals surface area contributed by atoms with E-state index in [-0.39, 0.29) is 11.3 Å². The number of fused-ring (bicyclic) bond motifs is 2. The van der Waals surface area contributed by atoms with Crippen LogP contribution in [-0.2, 0) is 9.53 Å². The Morgan fingerprint density at radius 1 is 1.25 bits per heavy atom. The van der Waals surface area contributed by atoms with Gasteiger partial charge in [0.15, 0.2) is 0 Å². The van der Waals surface area contributed by atoms with Crippen molar-refractivity contribution in [3.05, 3.63) is 0 Å². The average Bonchev–Trinajstić information content (AvgIpc) is 2.24. The zero-order valence-electron chi connectivity index (χ0n) is 13.4. The largest absolute Gasteiger partial charge is 0.444 e. The molecule has 1 N–H and O–H groups in total. The van der Waals surface area contributed by atoms with Gasteiger partial charge in [-0.25, -0.2) is 4.79 Å². The van der Waals surface area contributed by atoms with Gasteiger partial charge in [-0.2, -0.15) is 0 Å². The summed E-state index contributed by atoms with van der Waals surface area (Å²) >= 11 is 0. The molecule has 4 atom stereocenters. The van der Waals surface area contributed by atoms with Crippen LogP contribution in [0.1, 0.15) is 54.4 Å². The quantitative estimate of drug-likeness (QED) is 0.791. The highest BCUT2D eigenvalue weighted by Crippen LogP contribution is 2.64. The van der Waals surface area contributed by atoms with Crippen molar-refractivity contribution in [2.24, 2.45) is 23.2 Å². The molecule has 3 saturated carbocycles. The van der Waals surface area contributed by atoms with Gasteiger partial charge in [-0.15, -0.1) is 0 Å². The molecule has 3 fully saturated rings. The van der Waals surface area contributed by atoms with Crippen molar-refractivity contribution in [1.29, 1.82) is 0 Å². The highest BCUT2D eigenvalue weighted by molar-refractivity contribution is 5.71. The highest BCUT2D eigenvalue weighted by atomic mass is 16.6. The van der Waals surface area contributed by atoms with Gasteiger partial charge in [0.2, 0.25) is 0 Å². The number of ether oxygens (including phenoxy) is 1. The molecule has 2 bridgehead atoms. The molecule has 0 heterocycles. The molecule has 0 saturated heterocycles. The van der Waals surface area contributed by atoms with Crippen LogP contribution >= 0.6 is 0 Å². The Hall–Kier alpha value is -1.06. The average molecular weight is 281 g/mol. The number of hydrogen-bond donors (Lipinski definition) is 1. The summed E-state index contributed by atoms with van der Waals surface area (Å²) in [5.41, 5.74) is -0.838. The number of carbonyl (C=O) groups is 2. The first-order chi connectivity index (χ1) is 9.00. The Morgan fingerprint density at radius 2 is 1.85 bits per heavy atom. The van der Waals surface area contributed by atoms with E-state index >= 15 is 0 Å². The van der Waals surface area contributed by atoms with E-state index in [1.165, 1.54) is 0 Å². The van der Waals surface area contributed by atoms with Gasteiger partial charge in [0.25, 0.3) is 0 Å². The van der Waals surface area contributed by atoms with Crippen molar-refractivity contribution in [1.82, 2.24) is 5.32 Å². The standard InChI is InChI=1S/C16H27NO3/c1-14(2,3)20-13(19)17-16(6)11(9-18)7-10-8-12(16)15(10,4)5/h9-12H,7-8H2,1-6H3,(H,17,19)/t10-,11+,12+,16?/m0/s1. The van der Waals surface area contributed by atoms with Crippen LogP contribution in [0.3, 0.4) is 0 Å². The number of aldehydes is 1. The summed E-state index contributed by atoms with van der Waals surface area (Å²) in [6, 6.07) is 0. The molecular weight excluding hydrogens is 254 g/mol. The Bertz CT molecular complexity index is 424. The minimum absolute atomic E-state index is 0.119. The highest BCUT2D eigenvalue weighted by Gasteiger charge is 2.63. The molecule has 114 valence electrons. The van der Waals surface area contributed by atoms with Crippen LogP contribution in [0.5, 0.6) is 0 Å². The first-order valence-electron chi connectivity index (χ1n) is 7.47. The second-order valence-corrected chi connectivity index (χ2v) is 8.19. The molecule has 3 rings (SSSR count). The van der Waals surface area contributed by atoms with E-state index in [1.807, 2.05) is 27.7 Å². The molecule has 1 unspecified atom stereocenters. The zero-order chi connectivity index (χ0) is 15.3. The van der Waals surface area contributed by atoms with Crippen molar-refractivity contribution >= 4 is 12.4 Å². The summed E-state index contributed by atoms with van der Waals surface area (Å²) in [4.78, 5) is 23.5. The Morgan fingerprint density at radius 3 is 2.30 bits per heavy atom. The van der Waals surface area contributed by atoms with E-state index in [0.717, 1.165) is 19.1 Å². The van der Waals surface area contributed by atoms with Crippen molar-refractivity contribution in [3.63, 3.8) is 0 Å². The molecular formula is C16H27NO3. The summed E-state index contributed by atoms with van der Waals surface area (Å²) in [6.07, 6.45) is 2.53. The Labute approximate surface area is 121 Å². The predicted octanol–water partition coefficient (Wildman–Crippen LogP) is 3.15. The van der Waals surface area contributed by atoms with E-state index < -0.39 is 17.2 Å². The summed E-state index contributed by atoms with van der Waals surface area (Å²) < 4.78 is 5.37. The number of alkyl carbamates (subject to hydrolysis) is 1. The summed E-state index contributed by atoms with van der Waals surface area (Å²) in [7, 11) is 0. The van der Waals surface area contributed by atoms with Gasteiger partial charge in [-0.05, 0) is 57.8 Å². The maximum atomic E-state index is 12.1. The molecule has 20 heavy (non-hydrogen) atoms. The molecule has 4 heteroatoms. The summed E-state index contributed by atoms with van der Waals surface area (Å²) in [5, 5.41) is 3.00. The fourth-order valence-electron chi connectivity index (χ4n) is 4.14. The molecule has 0 aromatic rings. The first-order valence-corrected chi connectivity index (χ1v) is 7.47. The second-order valence-electron chi connectivity index (χ2n) is 8.19. The molecule has 0 spiro atoms. The second kappa shape index (κ2) is 4.47. The van der Waals surface area contributed by atoms with Crippen LogP contribution in [0, 0.1) is 23.2 Å². The van der Waals surface area contributed by atoms with E-state index in [2.05, 4.69) is 19.2 Å². The van der Waals surface area contributed by atoms with E-state index in [9.17, 15) is 9.59 Å². The molecule has 0 aromatic heterocycles. The SMILES string of the molecule is CC(C)(C)OC(=O)NC1(C)[C@@H]2C[C@H](C[C@@H]1C=O)C2(C)C. The van der Waals surface area contributed by atoms with E-state index in [4.69, 9.17) is 4.74 Å². The summed E-state index contributed by atoms with van der Waals surface area (Å²) in [5.74, 6) is 0.805. The van der Waals surface area contributed by atoms with Crippen molar-refractivity contribution in [2.45, 2.75) is 65.5 Å². The zero-order valence-corrected chi connectivity index (χ0v) is 13.4. The summed E-state index contributed by atoms with van der Waals surface area (Å²) in [6.45, 7) is 12.0. The smallest absolute Gasteiger partial charge is 0.408 e. The maximum Gasteiger partial charge on any atom is 0.408 e. The molecule has 0 aliphatic heterocycles. The maximum absolute atomic E-state index is 12.1. The fraction of sp³-hybridized carbons (Fsp3) is 0.875. The monoisotopic (exact) mass is 281 g/mol. The molecule has 0 radical (unpaired) electrons. The topological polar surface area (TPSA) is 55.4 Å². The fourth-order valence-corrected chi connectivity index (χ4v) is 4.14. The molecule has 3 aliphatic carbocycles. The Balaban J connectivity index is 2.17. The molecule has 3 aliphatic rings. The lowest BCUT2D eigenvalue weighted by atomic mass is 9.41. The molecule has 1 amide bonds. The van der Waals surface area contributed by atoms with Gasteiger partial charge in [-0.1, -0.05) is 13.8 Å². The van der Waals surface area contributed by atoms with Crippen LogP contribution in [0.2, 0.25) is 0 Å². The lowest BCUT2D eigenvalue weighted by Crippen LogP contribution is -2.71. The van der Waals surface area contributed by atoms with Crippen LogP contribution in [-0.4, -0.2) is 23.5 Å². The number of hydrogen-bond acceptors (Lipinski definition) is 3.